The fourth-order valence-corrected chi connectivity index (χ4v) is 2.27. The summed E-state index contributed by atoms with van der Waals surface area (Å²) in [7, 11) is 0. The van der Waals surface area contributed by atoms with E-state index in [1.54, 1.807) is 6.92 Å². The molecule has 0 radical (unpaired) electrons. The molecule has 0 aromatic carbocycles. The van der Waals surface area contributed by atoms with Gasteiger partial charge in [-0.1, -0.05) is 11.2 Å². The first-order valence-corrected chi connectivity index (χ1v) is 6.72. The molecule has 0 saturated carbocycles. The van der Waals surface area contributed by atoms with Crippen molar-refractivity contribution >= 4 is 5.82 Å². The Labute approximate surface area is 122 Å². The number of anilines is 1. The molecule has 3 rings (SSSR count). The van der Waals surface area contributed by atoms with E-state index in [9.17, 15) is 0 Å². The van der Waals surface area contributed by atoms with E-state index in [4.69, 9.17) is 14.5 Å². The van der Waals surface area contributed by atoms with E-state index in [1.165, 1.54) is 0 Å². The standard InChI is InChI=1S/C14H15N5O2/c1-9-3-4-13(17-11(9)7-15)19-5-6-20-12(8-19)14-16-10(2)21-18-14/h3-4,12H,5-6,8H2,1-2H3/t12-/m1/s1. The van der Waals surface area contributed by atoms with Crippen molar-refractivity contribution in [3.05, 3.63) is 35.1 Å². The largest absolute Gasteiger partial charge is 0.366 e. The number of morpholine rings is 1. The van der Waals surface area contributed by atoms with Crippen LogP contribution < -0.4 is 4.90 Å². The van der Waals surface area contributed by atoms with E-state index in [1.807, 2.05) is 19.1 Å². The maximum Gasteiger partial charge on any atom is 0.223 e. The Morgan fingerprint density at radius 3 is 2.90 bits per heavy atom. The van der Waals surface area contributed by atoms with Gasteiger partial charge in [0.1, 0.15) is 23.7 Å². The summed E-state index contributed by atoms with van der Waals surface area (Å²) in [5.74, 6) is 1.83. The quantitative estimate of drug-likeness (QED) is 0.826. The number of aryl methyl sites for hydroxylation is 2. The number of pyridine rings is 1. The number of ether oxygens (including phenoxy) is 1. The van der Waals surface area contributed by atoms with Gasteiger partial charge < -0.3 is 14.2 Å². The molecule has 1 aliphatic heterocycles. The lowest BCUT2D eigenvalue weighted by Gasteiger charge is -2.32. The summed E-state index contributed by atoms with van der Waals surface area (Å²) in [6.45, 7) is 5.47. The summed E-state index contributed by atoms with van der Waals surface area (Å²) < 4.78 is 10.7. The monoisotopic (exact) mass is 285 g/mol. The lowest BCUT2D eigenvalue weighted by atomic mass is 10.2. The predicted octanol–water partition coefficient (Wildman–Crippen LogP) is 1.53. The van der Waals surface area contributed by atoms with Crippen molar-refractivity contribution in [3.8, 4) is 6.07 Å². The first-order chi connectivity index (χ1) is 10.2. The Bertz CT molecular complexity index is 691. The number of hydrogen-bond donors (Lipinski definition) is 0. The van der Waals surface area contributed by atoms with Crippen LogP contribution >= 0.6 is 0 Å². The zero-order valence-corrected chi connectivity index (χ0v) is 11.9. The molecule has 108 valence electrons. The molecule has 1 fully saturated rings. The number of rotatable bonds is 2. The Morgan fingerprint density at radius 2 is 2.19 bits per heavy atom. The van der Waals surface area contributed by atoms with Crippen LogP contribution in [-0.2, 0) is 4.74 Å². The number of nitrogens with zero attached hydrogens (tertiary/aromatic N) is 5. The zero-order chi connectivity index (χ0) is 14.8. The third kappa shape index (κ3) is 2.71. The van der Waals surface area contributed by atoms with Gasteiger partial charge in [-0.05, 0) is 18.6 Å². The van der Waals surface area contributed by atoms with E-state index in [-0.39, 0.29) is 6.10 Å². The lowest BCUT2D eigenvalue weighted by molar-refractivity contribution is 0.0323. The molecule has 0 bridgehead atoms. The second kappa shape index (κ2) is 5.50. The third-order valence-corrected chi connectivity index (χ3v) is 3.41. The van der Waals surface area contributed by atoms with Crippen molar-refractivity contribution in [2.24, 2.45) is 0 Å². The van der Waals surface area contributed by atoms with Gasteiger partial charge in [-0.2, -0.15) is 10.2 Å². The summed E-state index contributed by atoms with van der Waals surface area (Å²) in [4.78, 5) is 10.7. The Kier molecular flexibility index (Phi) is 3.54. The van der Waals surface area contributed by atoms with Crippen molar-refractivity contribution in [3.63, 3.8) is 0 Å². The molecular formula is C14H15N5O2. The van der Waals surface area contributed by atoms with Crippen molar-refractivity contribution in [1.82, 2.24) is 15.1 Å². The van der Waals surface area contributed by atoms with Crippen LogP contribution in [-0.4, -0.2) is 34.8 Å². The zero-order valence-electron chi connectivity index (χ0n) is 11.9. The van der Waals surface area contributed by atoms with Crippen LogP contribution in [0.15, 0.2) is 16.7 Å². The average Bonchev–Trinajstić information content (AvgIpc) is 2.94. The smallest absolute Gasteiger partial charge is 0.223 e. The third-order valence-electron chi connectivity index (χ3n) is 3.41. The maximum atomic E-state index is 9.09. The number of hydrogen-bond acceptors (Lipinski definition) is 7. The second-order valence-electron chi connectivity index (χ2n) is 4.92. The molecule has 1 atom stereocenters. The molecule has 2 aromatic heterocycles. The normalized spacial score (nSPS) is 18.5. The summed E-state index contributed by atoms with van der Waals surface area (Å²) in [6.07, 6.45) is -0.246. The minimum absolute atomic E-state index is 0.246. The highest BCUT2D eigenvalue weighted by molar-refractivity contribution is 5.45. The van der Waals surface area contributed by atoms with Gasteiger partial charge in [-0.25, -0.2) is 4.98 Å². The highest BCUT2D eigenvalue weighted by atomic mass is 16.5. The average molecular weight is 285 g/mol. The topological polar surface area (TPSA) is 88.1 Å². The van der Waals surface area contributed by atoms with Crippen molar-refractivity contribution < 1.29 is 9.26 Å². The molecule has 0 unspecified atom stereocenters. The minimum Gasteiger partial charge on any atom is -0.366 e. The van der Waals surface area contributed by atoms with Gasteiger partial charge in [0.05, 0.1) is 13.2 Å². The van der Waals surface area contributed by atoms with Gasteiger partial charge in [0, 0.05) is 13.5 Å². The van der Waals surface area contributed by atoms with Crippen LogP contribution in [0.3, 0.4) is 0 Å². The van der Waals surface area contributed by atoms with E-state index >= 15 is 0 Å². The fourth-order valence-electron chi connectivity index (χ4n) is 2.27. The van der Waals surface area contributed by atoms with Crippen LogP contribution in [0.2, 0.25) is 0 Å². The molecule has 7 heteroatoms. The molecular weight excluding hydrogens is 270 g/mol. The van der Waals surface area contributed by atoms with Crippen LogP contribution in [0, 0.1) is 25.2 Å². The fraction of sp³-hybridized carbons (Fsp3) is 0.429. The Morgan fingerprint density at radius 1 is 1.33 bits per heavy atom. The molecule has 0 aliphatic carbocycles. The molecule has 1 saturated heterocycles. The predicted molar refractivity (Wildman–Crippen MR) is 73.6 cm³/mol. The van der Waals surface area contributed by atoms with Gasteiger partial charge >= 0.3 is 0 Å². The first-order valence-electron chi connectivity index (χ1n) is 6.72. The molecule has 3 heterocycles. The molecule has 0 N–H and O–H groups in total. The lowest BCUT2D eigenvalue weighted by Crippen LogP contribution is -2.39. The summed E-state index contributed by atoms with van der Waals surface area (Å²) in [5, 5.41) is 13.0. The van der Waals surface area contributed by atoms with Crippen molar-refractivity contribution in [1.29, 1.82) is 5.26 Å². The Balaban J connectivity index is 1.81. The van der Waals surface area contributed by atoms with Crippen molar-refractivity contribution in [2.45, 2.75) is 20.0 Å². The molecule has 0 amide bonds. The second-order valence-corrected chi connectivity index (χ2v) is 4.92. The summed E-state index contributed by atoms with van der Waals surface area (Å²) in [6, 6.07) is 5.94. The SMILES string of the molecule is Cc1nc([C@H]2CN(c3ccc(C)c(C#N)n3)CCO2)no1. The summed E-state index contributed by atoms with van der Waals surface area (Å²) >= 11 is 0. The van der Waals surface area contributed by atoms with E-state index in [0.29, 0.717) is 37.1 Å². The van der Waals surface area contributed by atoms with Crippen LogP contribution in [0.25, 0.3) is 0 Å². The van der Waals surface area contributed by atoms with Crippen LogP contribution in [0.1, 0.15) is 29.1 Å². The highest BCUT2D eigenvalue weighted by Gasteiger charge is 2.26. The van der Waals surface area contributed by atoms with Gasteiger partial charge in [-0.15, -0.1) is 0 Å². The van der Waals surface area contributed by atoms with Crippen molar-refractivity contribution in [2.75, 3.05) is 24.6 Å². The van der Waals surface area contributed by atoms with Gasteiger partial charge in [0.2, 0.25) is 11.7 Å². The molecule has 2 aromatic rings. The minimum atomic E-state index is -0.246. The Hall–Kier alpha value is -2.46. The first kappa shape index (κ1) is 13.5. The van der Waals surface area contributed by atoms with Gasteiger partial charge in [-0.3, -0.25) is 0 Å². The molecule has 0 spiro atoms. The van der Waals surface area contributed by atoms with Gasteiger partial charge in [0.25, 0.3) is 0 Å². The molecule has 21 heavy (non-hydrogen) atoms. The maximum absolute atomic E-state index is 9.09. The van der Waals surface area contributed by atoms with E-state index in [2.05, 4.69) is 26.1 Å². The van der Waals surface area contributed by atoms with E-state index < -0.39 is 0 Å². The van der Waals surface area contributed by atoms with Crippen LogP contribution in [0.5, 0.6) is 0 Å². The summed E-state index contributed by atoms with van der Waals surface area (Å²) in [5.41, 5.74) is 1.32. The number of nitriles is 1. The molecule has 1 aliphatic rings. The molecule has 7 nitrogen and oxygen atoms in total. The van der Waals surface area contributed by atoms with E-state index in [0.717, 1.165) is 11.4 Å². The van der Waals surface area contributed by atoms with Gasteiger partial charge in [0.15, 0.2) is 0 Å². The number of aromatic nitrogens is 3. The highest BCUT2D eigenvalue weighted by Crippen LogP contribution is 2.24. The van der Waals surface area contributed by atoms with Crippen LogP contribution in [0.4, 0.5) is 5.82 Å².